The minimum atomic E-state index is -0.933. The number of likely N-dealkylation sites (N-methyl/N-ethyl adjacent to an activating group) is 1. The lowest BCUT2D eigenvalue weighted by molar-refractivity contribution is -0.157. The Balaban J connectivity index is 1.85. The minimum Gasteiger partial charge on any atom is -0.451 e. The maximum atomic E-state index is 12.3. The molecule has 134 valence electrons. The first-order valence-corrected chi connectivity index (χ1v) is 8.05. The van der Waals surface area contributed by atoms with Crippen molar-refractivity contribution in [2.75, 3.05) is 12.4 Å². The van der Waals surface area contributed by atoms with E-state index in [0.29, 0.717) is 18.1 Å². The van der Waals surface area contributed by atoms with E-state index in [1.54, 1.807) is 19.9 Å². The van der Waals surface area contributed by atoms with Crippen molar-refractivity contribution in [1.29, 1.82) is 0 Å². The Labute approximate surface area is 146 Å². The molecular formula is C18H23N3O4. The van der Waals surface area contributed by atoms with Crippen molar-refractivity contribution >= 4 is 17.7 Å². The summed E-state index contributed by atoms with van der Waals surface area (Å²) in [6, 6.07) is 10.9. The smallest absolute Gasteiger partial charge is 0.323 e. The van der Waals surface area contributed by atoms with Gasteiger partial charge in [0.15, 0.2) is 11.9 Å². The van der Waals surface area contributed by atoms with Crippen LogP contribution in [0.1, 0.15) is 25.2 Å². The Hall–Kier alpha value is -2.67. The number of aromatic nitrogens is 1. The molecule has 1 aromatic heterocycles. The number of carbonyl (C=O) groups excluding carboxylic acids is 2. The second-order valence-corrected chi connectivity index (χ2v) is 5.97. The van der Waals surface area contributed by atoms with Crippen LogP contribution in [0.2, 0.25) is 0 Å². The molecule has 2 aromatic rings. The fraction of sp³-hybridized carbons (Fsp3) is 0.389. The van der Waals surface area contributed by atoms with Crippen LogP contribution in [0.25, 0.3) is 0 Å². The Kier molecular flexibility index (Phi) is 6.30. The number of hydrogen-bond acceptors (Lipinski definition) is 6. The molecule has 0 saturated carbocycles. The van der Waals surface area contributed by atoms with Crippen LogP contribution in [0.3, 0.4) is 0 Å². The van der Waals surface area contributed by atoms with Gasteiger partial charge in [0.05, 0.1) is 0 Å². The van der Waals surface area contributed by atoms with Crippen LogP contribution in [-0.2, 0) is 20.9 Å². The molecule has 0 bridgehead atoms. The van der Waals surface area contributed by atoms with E-state index < -0.39 is 24.0 Å². The van der Waals surface area contributed by atoms with Crippen molar-refractivity contribution in [3.63, 3.8) is 0 Å². The number of aryl methyl sites for hydroxylation is 1. The van der Waals surface area contributed by atoms with Gasteiger partial charge >= 0.3 is 5.97 Å². The van der Waals surface area contributed by atoms with Gasteiger partial charge in [-0.25, -0.2) is 0 Å². The number of nitrogens with zero attached hydrogens (tertiary/aromatic N) is 2. The second kappa shape index (κ2) is 8.43. The highest BCUT2D eigenvalue weighted by Crippen LogP contribution is 2.10. The molecule has 7 nitrogen and oxygen atoms in total. The highest BCUT2D eigenvalue weighted by Gasteiger charge is 2.25. The number of rotatable bonds is 7. The van der Waals surface area contributed by atoms with E-state index in [4.69, 9.17) is 9.26 Å². The summed E-state index contributed by atoms with van der Waals surface area (Å²) < 4.78 is 10.1. The van der Waals surface area contributed by atoms with Crippen molar-refractivity contribution in [2.45, 2.75) is 39.5 Å². The highest BCUT2D eigenvalue weighted by molar-refractivity contribution is 5.94. The summed E-state index contributed by atoms with van der Waals surface area (Å²) in [5.74, 6) is -0.0484. The van der Waals surface area contributed by atoms with Gasteiger partial charge in [-0.15, -0.1) is 0 Å². The zero-order chi connectivity index (χ0) is 18.4. The normalized spacial score (nSPS) is 13.3. The number of amides is 1. The average molecular weight is 345 g/mol. The molecule has 1 heterocycles. The fourth-order valence-electron chi connectivity index (χ4n) is 2.17. The first-order valence-electron chi connectivity index (χ1n) is 8.05. The van der Waals surface area contributed by atoms with Crippen LogP contribution < -0.4 is 5.32 Å². The quantitative estimate of drug-likeness (QED) is 0.776. The molecule has 2 atom stereocenters. The zero-order valence-corrected chi connectivity index (χ0v) is 14.9. The maximum absolute atomic E-state index is 12.3. The highest BCUT2D eigenvalue weighted by atomic mass is 16.5. The Bertz CT molecular complexity index is 714. The molecule has 0 aliphatic carbocycles. The maximum Gasteiger partial charge on any atom is 0.323 e. The first kappa shape index (κ1) is 18.7. The van der Waals surface area contributed by atoms with E-state index >= 15 is 0 Å². The lowest BCUT2D eigenvalue weighted by Gasteiger charge is -2.24. The zero-order valence-electron chi connectivity index (χ0n) is 14.9. The summed E-state index contributed by atoms with van der Waals surface area (Å²) in [7, 11) is 1.84. The van der Waals surface area contributed by atoms with E-state index in [1.807, 2.05) is 42.3 Å². The van der Waals surface area contributed by atoms with Gasteiger partial charge < -0.3 is 14.6 Å². The molecule has 1 N–H and O–H groups in total. The van der Waals surface area contributed by atoms with Gasteiger partial charge in [-0.3, -0.25) is 14.5 Å². The predicted octanol–water partition coefficient (Wildman–Crippen LogP) is 2.37. The van der Waals surface area contributed by atoms with Gasteiger partial charge in [0, 0.05) is 12.6 Å². The molecule has 0 spiro atoms. The molecule has 1 amide bonds. The molecular weight excluding hydrogens is 322 g/mol. The van der Waals surface area contributed by atoms with Crippen molar-refractivity contribution in [2.24, 2.45) is 0 Å². The number of carbonyl (C=O) groups is 2. The van der Waals surface area contributed by atoms with Gasteiger partial charge in [0.25, 0.3) is 5.91 Å². The fourth-order valence-corrected chi connectivity index (χ4v) is 2.17. The molecule has 0 radical (unpaired) electrons. The van der Waals surface area contributed by atoms with Crippen LogP contribution in [0.15, 0.2) is 40.9 Å². The van der Waals surface area contributed by atoms with Crippen LogP contribution in [0.5, 0.6) is 0 Å². The summed E-state index contributed by atoms with van der Waals surface area (Å²) in [6.07, 6.45) is -0.933. The number of nitrogens with one attached hydrogen (secondary N) is 1. The van der Waals surface area contributed by atoms with Gasteiger partial charge in [-0.2, -0.15) is 0 Å². The summed E-state index contributed by atoms with van der Waals surface area (Å²) in [4.78, 5) is 26.2. The topological polar surface area (TPSA) is 84.7 Å². The third-order valence-corrected chi connectivity index (χ3v) is 3.82. The number of hydrogen-bond donors (Lipinski definition) is 1. The number of esters is 1. The number of ether oxygens (including phenoxy) is 1. The van der Waals surface area contributed by atoms with Crippen LogP contribution >= 0.6 is 0 Å². The van der Waals surface area contributed by atoms with E-state index in [-0.39, 0.29) is 0 Å². The van der Waals surface area contributed by atoms with E-state index in [0.717, 1.165) is 5.56 Å². The molecule has 0 aliphatic heterocycles. The number of benzene rings is 1. The minimum absolute atomic E-state index is 0.291. The van der Waals surface area contributed by atoms with Crippen LogP contribution in [-0.4, -0.2) is 41.1 Å². The summed E-state index contributed by atoms with van der Waals surface area (Å²) in [5.41, 5.74) is 1.09. The third-order valence-electron chi connectivity index (χ3n) is 3.82. The van der Waals surface area contributed by atoms with E-state index in [1.165, 1.54) is 6.92 Å². The second-order valence-electron chi connectivity index (χ2n) is 5.97. The Morgan fingerprint density at radius 1 is 1.28 bits per heavy atom. The van der Waals surface area contributed by atoms with Crippen LogP contribution in [0, 0.1) is 6.92 Å². The van der Waals surface area contributed by atoms with Crippen molar-refractivity contribution in [3.05, 3.63) is 47.7 Å². The lowest BCUT2D eigenvalue weighted by Crippen LogP contribution is -2.40. The van der Waals surface area contributed by atoms with Gasteiger partial charge in [0.1, 0.15) is 11.8 Å². The lowest BCUT2D eigenvalue weighted by atomic mass is 10.2. The third kappa shape index (κ3) is 5.42. The van der Waals surface area contributed by atoms with E-state index in [9.17, 15) is 9.59 Å². The van der Waals surface area contributed by atoms with Crippen molar-refractivity contribution < 1.29 is 18.8 Å². The van der Waals surface area contributed by atoms with Gasteiger partial charge in [-0.05, 0) is 33.4 Å². The number of anilines is 1. The van der Waals surface area contributed by atoms with Crippen molar-refractivity contribution in [3.8, 4) is 0 Å². The molecule has 0 aliphatic rings. The largest absolute Gasteiger partial charge is 0.451 e. The summed E-state index contributed by atoms with van der Waals surface area (Å²) in [6.45, 7) is 5.59. The summed E-state index contributed by atoms with van der Waals surface area (Å²) in [5, 5.41) is 6.21. The van der Waals surface area contributed by atoms with E-state index in [2.05, 4.69) is 10.5 Å². The summed E-state index contributed by atoms with van der Waals surface area (Å²) >= 11 is 0. The van der Waals surface area contributed by atoms with Crippen molar-refractivity contribution in [1.82, 2.24) is 10.1 Å². The van der Waals surface area contributed by atoms with Gasteiger partial charge in [0.2, 0.25) is 0 Å². The first-order chi connectivity index (χ1) is 11.9. The van der Waals surface area contributed by atoms with Gasteiger partial charge in [-0.1, -0.05) is 35.5 Å². The monoisotopic (exact) mass is 345 g/mol. The molecule has 2 rings (SSSR count). The molecule has 25 heavy (non-hydrogen) atoms. The standard InChI is InChI=1S/C18H23N3O4/c1-12-10-16(20-25-12)19-17(22)14(3)24-18(23)13(2)21(4)11-15-8-6-5-7-9-15/h5-10,13-14H,11H2,1-4H3,(H,19,20,22)/t13-,14+/m0/s1. The Morgan fingerprint density at radius 3 is 2.56 bits per heavy atom. The van der Waals surface area contributed by atoms with Crippen LogP contribution in [0.4, 0.5) is 5.82 Å². The molecule has 0 saturated heterocycles. The Morgan fingerprint density at radius 2 is 1.96 bits per heavy atom. The molecule has 0 fully saturated rings. The average Bonchev–Trinajstić information content (AvgIpc) is 2.99. The predicted molar refractivity (Wildman–Crippen MR) is 92.8 cm³/mol. The molecule has 7 heteroatoms. The molecule has 1 aromatic carbocycles. The molecule has 0 unspecified atom stereocenters. The SMILES string of the molecule is Cc1cc(NC(=O)[C@@H](C)OC(=O)[C@H](C)N(C)Cc2ccccc2)no1.